The van der Waals surface area contributed by atoms with Crippen molar-refractivity contribution in [2.75, 3.05) is 0 Å². The number of aryl methyl sites for hydroxylation is 1. The van der Waals surface area contributed by atoms with Crippen LogP contribution in [0, 0.1) is 0 Å². The van der Waals surface area contributed by atoms with Crippen molar-refractivity contribution in [1.29, 1.82) is 0 Å². The smallest absolute Gasteiger partial charge is 0.253 e. The zero-order valence-electron chi connectivity index (χ0n) is 14.4. The molecule has 1 amide bonds. The molecule has 1 aromatic heterocycles. The fraction of sp³-hybridized carbons (Fsp3) is 0.238. The predicted octanol–water partition coefficient (Wildman–Crippen LogP) is 4.33. The molecule has 26 heavy (non-hydrogen) atoms. The van der Waals surface area contributed by atoms with Gasteiger partial charge in [0.15, 0.2) is 0 Å². The quantitative estimate of drug-likeness (QED) is 0.747. The van der Waals surface area contributed by atoms with E-state index in [0.717, 1.165) is 30.0 Å². The molecule has 1 aliphatic rings. The van der Waals surface area contributed by atoms with E-state index in [9.17, 15) is 4.79 Å². The van der Waals surface area contributed by atoms with Gasteiger partial charge in [-0.1, -0.05) is 41.9 Å². The van der Waals surface area contributed by atoms with E-state index < -0.39 is 0 Å². The zero-order chi connectivity index (χ0) is 17.9. The number of nitrogens with one attached hydrogen (secondary N) is 1. The first-order chi connectivity index (χ1) is 12.7. The third-order valence-electron chi connectivity index (χ3n) is 4.74. The van der Waals surface area contributed by atoms with E-state index in [2.05, 4.69) is 22.0 Å². The largest absolute Gasteiger partial charge is 0.345 e. The van der Waals surface area contributed by atoms with Crippen molar-refractivity contribution in [2.45, 2.75) is 32.2 Å². The number of aromatic nitrogens is 2. The van der Waals surface area contributed by atoms with E-state index in [1.807, 2.05) is 30.3 Å². The molecular weight excluding hydrogens is 346 g/mol. The number of hydrogen-bond acceptors (Lipinski definition) is 2. The lowest BCUT2D eigenvalue weighted by Crippen LogP contribution is -2.25. The van der Waals surface area contributed by atoms with Crippen LogP contribution in [0.15, 0.2) is 54.6 Å². The highest BCUT2D eigenvalue weighted by Gasteiger charge is 2.21. The minimum Gasteiger partial charge on any atom is -0.345 e. The van der Waals surface area contributed by atoms with Crippen LogP contribution < -0.4 is 5.32 Å². The second kappa shape index (κ2) is 7.34. The van der Waals surface area contributed by atoms with Crippen LogP contribution in [0.5, 0.6) is 0 Å². The van der Waals surface area contributed by atoms with Crippen LogP contribution in [0.1, 0.15) is 40.4 Å². The Bertz CT molecular complexity index is 934. The summed E-state index contributed by atoms with van der Waals surface area (Å²) in [4.78, 5) is 17.3. The van der Waals surface area contributed by atoms with Crippen molar-refractivity contribution in [3.8, 4) is 5.69 Å². The molecule has 2 aromatic carbocycles. The topological polar surface area (TPSA) is 46.9 Å². The van der Waals surface area contributed by atoms with Crippen LogP contribution >= 0.6 is 11.6 Å². The van der Waals surface area contributed by atoms with Crippen molar-refractivity contribution in [1.82, 2.24) is 14.9 Å². The number of fused-ring (bicyclic) bond motifs is 1. The van der Waals surface area contributed by atoms with Gasteiger partial charge in [-0.3, -0.25) is 9.36 Å². The lowest BCUT2D eigenvalue weighted by Gasteiger charge is -2.15. The number of rotatable bonds is 4. The summed E-state index contributed by atoms with van der Waals surface area (Å²) in [6.45, 7) is 0.367. The highest BCUT2D eigenvalue weighted by molar-refractivity contribution is 6.33. The fourth-order valence-corrected chi connectivity index (χ4v) is 3.72. The molecule has 0 atom stereocenters. The Labute approximate surface area is 157 Å². The Kier molecular flexibility index (Phi) is 4.76. The van der Waals surface area contributed by atoms with Gasteiger partial charge in [0.2, 0.25) is 0 Å². The summed E-state index contributed by atoms with van der Waals surface area (Å²) in [5.41, 5.74) is 3.99. The van der Waals surface area contributed by atoms with Crippen molar-refractivity contribution in [3.63, 3.8) is 0 Å². The monoisotopic (exact) mass is 365 g/mol. The average molecular weight is 366 g/mol. The molecule has 0 fully saturated rings. The molecule has 1 aliphatic carbocycles. The van der Waals surface area contributed by atoms with Gasteiger partial charge in [-0.2, -0.15) is 0 Å². The second-order valence-corrected chi connectivity index (χ2v) is 6.87. The van der Waals surface area contributed by atoms with E-state index in [1.165, 1.54) is 18.5 Å². The number of carbonyl (C=O) groups excluding carboxylic acids is 1. The van der Waals surface area contributed by atoms with E-state index in [-0.39, 0.29) is 5.91 Å². The maximum atomic E-state index is 12.5. The molecule has 1 heterocycles. The molecule has 4 rings (SSSR count). The first kappa shape index (κ1) is 16.9. The van der Waals surface area contributed by atoms with Gasteiger partial charge < -0.3 is 5.32 Å². The van der Waals surface area contributed by atoms with Gasteiger partial charge in [0, 0.05) is 11.4 Å². The maximum Gasteiger partial charge on any atom is 0.253 e. The van der Waals surface area contributed by atoms with Gasteiger partial charge in [-0.05, 0) is 49.9 Å². The molecule has 1 N–H and O–H groups in total. The van der Waals surface area contributed by atoms with Gasteiger partial charge in [0.25, 0.3) is 5.91 Å². The highest BCUT2D eigenvalue weighted by Crippen LogP contribution is 2.26. The van der Waals surface area contributed by atoms with Gasteiger partial charge in [-0.25, -0.2) is 4.98 Å². The van der Waals surface area contributed by atoms with Gasteiger partial charge in [-0.15, -0.1) is 0 Å². The number of carbonyl (C=O) groups is 1. The van der Waals surface area contributed by atoms with Crippen molar-refractivity contribution < 1.29 is 4.79 Å². The molecular formula is C21H20ClN3O. The Balaban J connectivity index is 1.63. The standard InChI is InChI=1S/C21H20ClN3O/c22-17-11-5-4-10-16(17)21(26)23-14-20-24-18-12-6-7-13-19(18)25(20)15-8-2-1-3-9-15/h1-5,8-11H,6-7,12-14H2,(H,23,26). The van der Waals surface area contributed by atoms with Gasteiger partial charge >= 0.3 is 0 Å². The van der Waals surface area contributed by atoms with Crippen molar-refractivity contribution in [2.24, 2.45) is 0 Å². The minimum absolute atomic E-state index is 0.184. The molecule has 0 saturated carbocycles. The molecule has 0 radical (unpaired) electrons. The molecule has 132 valence electrons. The van der Waals surface area contributed by atoms with Crippen LogP contribution in [-0.2, 0) is 19.4 Å². The lowest BCUT2D eigenvalue weighted by molar-refractivity contribution is 0.0950. The summed E-state index contributed by atoms with van der Waals surface area (Å²) in [5, 5.41) is 3.42. The van der Waals surface area contributed by atoms with Crippen LogP contribution in [0.3, 0.4) is 0 Å². The summed E-state index contributed by atoms with van der Waals surface area (Å²) >= 11 is 6.13. The van der Waals surface area contributed by atoms with E-state index in [1.54, 1.807) is 12.1 Å². The number of imidazole rings is 1. The normalized spacial score (nSPS) is 13.3. The Morgan fingerprint density at radius 2 is 1.77 bits per heavy atom. The van der Waals surface area contributed by atoms with Crippen LogP contribution in [-0.4, -0.2) is 15.5 Å². The number of hydrogen-bond donors (Lipinski definition) is 1. The SMILES string of the molecule is O=C(NCc1nc2c(n1-c1ccccc1)CCCC2)c1ccccc1Cl. The fourth-order valence-electron chi connectivity index (χ4n) is 3.50. The van der Waals surface area contributed by atoms with Crippen LogP contribution in [0.4, 0.5) is 0 Å². The second-order valence-electron chi connectivity index (χ2n) is 6.46. The summed E-state index contributed by atoms with van der Waals surface area (Å²) in [7, 11) is 0. The Morgan fingerprint density at radius 3 is 2.58 bits per heavy atom. The molecule has 0 saturated heterocycles. The van der Waals surface area contributed by atoms with Gasteiger partial charge in [0.05, 0.1) is 22.8 Å². The molecule has 0 unspecified atom stereocenters. The molecule has 3 aromatic rings. The van der Waals surface area contributed by atoms with Crippen molar-refractivity contribution in [3.05, 3.63) is 82.4 Å². The maximum absolute atomic E-state index is 12.5. The molecule has 0 aliphatic heterocycles. The summed E-state index contributed by atoms with van der Waals surface area (Å²) in [5.74, 6) is 0.680. The Morgan fingerprint density at radius 1 is 1.04 bits per heavy atom. The highest BCUT2D eigenvalue weighted by atomic mass is 35.5. The number of para-hydroxylation sites is 1. The number of amides is 1. The first-order valence-electron chi connectivity index (χ1n) is 8.91. The lowest BCUT2D eigenvalue weighted by atomic mass is 10.0. The van der Waals surface area contributed by atoms with Crippen molar-refractivity contribution >= 4 is 17.5 Å². The van der Waals surface area contributed by atoms with E-state index in [0.29, 0.717) is 17.1 Å². The number of halogens is 1. The summed E-state index contributed by atoms with van der Waals surface area (Å²) < 4.78 is 2.20. The minimum atomic E-state index is -0.184. The van der Waals surface area contributed by atoms with E-state index in [4.69, 9.17) is 16.6 Å². The average Bonchev–Trinajstić information content (AvgIpc) is 3.05. The predicted molar refractivity (Wildman–Crippen MR) is 103 cm³/mol. The van der Waals surface area contributed by atoms with Gasteiger partial charge in [0.1, 0.15) is 5.82 Å². The zero-order valence-corrected chi connectivity index (χ0v) is 15.2. The molecule has 0 bridgehead atoms. The third-order valence-corrected chi connectivity index (χ3v) is 5.07. The van der Waals surface area contributed by atoms with Crippen LogP contribution in [0.2, 0.25) is 5.02 Å². The number of nitrogens with zero attached hydrogens (tertiary/aromatic N) is 2. The first-order valence-corrected chi connectivity index (χ1v) is 9.29. The molecule has 5 heteroatoms. The summed E-state index contributed by atoms with van der Waals surface area (Å²) in [6.07, 6.45) is 4.37. The van der Waals surface area contributed by atoms with E-state index >= 15 is 0 Å². The molecule has 4 nitrogen and oxygen atoms in total. The Hall–Kier alpha value is -2.59. The third kappa shape index (κ3) is 3.25. The number of benzene rings is 2. The summed E-state index contributed by atoms with van der Waals surface area (Å²) in [6, 6.07) is 17.3. The van der Waals surface area contributed by atoms with Crippen LogP contribution in [0.25, 0.3) is 5.69 Å². The molecule has 0 spiro atoms.